The molecule has 0 saturated heterocycles. The third-order valence-electron chi connectivity index (χ3n) is 13.3. The van der Waals surface area contributed by atoms with Crippen LogP contribution < -0.4 is 5.73 Å². The van der Waals surface area contributed by atoms with Gasteiger partial charge in [0.1, 0.15) is 6.61 Å². The summed E-state index contributed by atoms with van der Waals surface area (Å²) in [6, 6.07) is 0. The number of carbonyl (C=O) groups is 2. The van der Waals surface area contributed by atoms with Gasteiger partial charge in [-0.15, -0.1) is 0 Å². The molecule has 0 radical (unpaired) electrons. The fourth-order valence-electron chi connectivity index (χ4n) is 8.69. The van der Waals surface area contributed by atoms with E-state index in [1.807, 2.05) is 0 Å². The standard InChI is InChI=1S/C69H118NO8P/c1-3-5-7-9-11-13-15-17-19-21-23-25-27-29-30-31-32-33-34-35-36-38-40-42-44-46-48-50-52-54-56-58-60-62-69(72)78-67(66-77-79(73,74)76-64-63-70)65-75-68(71)61-59-57-55-53-51-49-47-45-43-41-39-37-28-26-24-22-20-18-16-14-12-10-8-6-4-2/h5-8,11-14,17-20,23-26,29-30,37,39,67H,3-4,9-10,15-16,21-22,27-28,31-36,38,40-66,70H2,1-2H3,(H,73,74)/b7-5-,8-6-,13-11-,14-12-,19-17-,20-18-,25-23-,26-24-,30-29-,39-37-. The van der Waals surface area contributed by atoms with E-state index in [1.54, 1.807) is 0 Å². The van der Waals surface area contributed by atoms with Crippen LogP contribution in [-0.4, -0.2) is 49.3 Å². The van der Waals surface area contributed by atoms with Gasteiger partial charge in [0.25, 0.3) is 0 Å². The summed E-state index contributed by atoms with van der Waals surface area (Å²) in [5.74, 6) is -0.833. The lowest BCUT2D eigenvalue weighted by molar-refractivity contribution is -0.161. The summed E-state index contributed by atoms with van der Waals surface area (Å²) in [5, 5.41) is 0. The summed E-state index contributed by atoms with van der Waals surface area (Å²) < 4.78 is 33.1. The van der Waals surface area contributed by atoms with E-state index in [0.29, 0.717) is 6.42 Å². The second-order valence-electron chi connectivity index (χ2n) is 20.9. The van der Waals surface area contributed by atoms with E-state index in [-0.39, 0.29) is 38.6 Å². The molecule has 0 aromatic rings. The van der Waals surface area contributed by atoms with Crippen molar-refractivity contribution in [3.63, 3.8) is 0 Å². The number of allylic oxidation sites excluding steroid dienone is 20. The monoisotopic (exact) mass is 1120 g/mol. The van der Waals surface area contributed by atoms with Gasteiger partial charge in [-0.3, -0.25) is 18.6 Å². The smallest absolute Gasteiger partial charge is 0.462 e. The molecule has 0 heterocycles. The van der Waals surface area contributed by atoms with E-state index in [9.17, 15) is 19.0 Å². The molecule has 0 aromatic heterocycles. The van der Waals surface area contributed by atoms with Crippen LogP contribution >= 0.6 is 7.82 Å². The van der Waals surface area contributed by atoms with Gasteiger partial charge in [0.05, 0.1) is 13.2 Å². The van der Waals surface area contributed by atoms with E-state index in [1.165, 1.54) is 122 Å². The molecule has 0 saturated carbocycles. The van der Waals surface area contributed by atoms with Crippen LogP contribution in [0.15, 0.2) is 122 Å². The Labute approximate surface area is 485 Å². The van der Waals surface area contributed by atoms with Crippen LogP contribution in [0.25, 0.3) is 0 Å². The minimum atomic E-state index is -4.40. The van der Waals surface area contributed by atoms with E-state index in [0.717, 1.165) is 116 Å². The fourth-order valence-corrected chi connectivity index (χ4v) is 9.46. The average Bonchev–Trinajstić information content (AvgIpc) is 3.44. The van der Waals surface area contributed by atoms with Crippen molar-refractivity contribution in [1.29, 1.82) is 0 Å². The Balaban J connectivity index is 3.93. The Hall–Kier alpha value is -3.59. The molecule has 10 heteroatoms. The average molecular weight is 1120 g/mol. The van der Waals surface area contributed by atoms with Gasteiger partial charge in [0, 0.05) is 19.4 Å². The Morgan fingerprint density at radius 3 is 0.975 bits per heavy atom. The summed E-state index contributed by atoms with van der Waals surface area (Å²) in [6.45, 7) is 3.52. The first-order chi connectivity index (χ1) is 38.8. The third-order valence-corrected chi connectivity index (χ3v) is 14.3. The molecule has 3 N–H and O–H groups in total. The van der Waals surface area contributed by atoms with E-state index < -0.39 is 26.5 Å². The first-order valence-electron chi connectivity index (χ1n) is 32.0. The number of esters is 2. The Morgan fingerprint density at radius 2 is 0.658 bits per heavy atom. The van der Waals surface area contributed by atoms with Crippen LogP contribution in [0.3, 0.4) is 0 Å². The lowest BCUT2D eigenvalue weighted by Crippen LogP contribution is -2.29. The maximum atomic E-state index is 12.7. The van der Waals surface area contributed by atoms with Gasteiger partial charge in [0.15, 0.2) is 6.10 Å². The molecule has 2 atom stereocenters. The van der Waals surface area contributed by atoms with Crippen LogP contribution in [0.2, 0.25) is 0 Å². The minimum absolute atomic E-state index is 0.0481. The molecule has 2 unspecified atom stereocenters. The Morgan fingerprint density at radius 1 is 0.380 bits per heavy atom. The molecule has 0 aliphatic carbocycles. The third kappa shape index (κ3) is 63.5. The van der Waals surface area contributed by atoms with Crippen molar-refractivity contribution >= 4 is 19.8 Å². The van der Waals surface area contributed by atoms with Crippen molar-refractivity contribution in [1.82, 2.24) is 0 Å². The van der Waals surface area contributed by atoms with Crippen molar-refractivity contribution in [2.24, 2.45) is 5.73 Å². The first kappa shape index (κ1) is 75.4. The van der Waals surface area contributed by atoms with Gasteiger partial charge in [-0.25, -0.2) is 4.57 Å². The van der Waals surface area contributed by atoms with Gasteiger partial charge in [-0.05, 0) is 103 Å². The van der Waals surface area contributed by atoms with Gasteiger partial charge >= 0.3 is 19.8 Å². The van der Waals surface area contributed by atoms with E-state index in [2.05, 4.69) is 135 Å². The molecule has 0 aromatic carbocycles. The molecule has 0 aliphatic rings. The number of nitrogens with two attached hydrogens (primary N) is 1. The number of phosphoric acid groups is 1. The largest absolute Gasteiger partial charge is 0.472 e. The predicted molar refractivity (Wildman–Crippen MR) is 339 cm³/mol. The summed E-state index contributed by atoms with van der Waals surface area (Å²) in [6.07, 6.45) is 88.4. The van der Waals surface area contributed by atoms with Crippen molar-refractivity contribution < 1.29 is 37.6 Å². The predicted octanol–water partition coefficient (Wildman–Crippen LogP) is 20.7. The van der Waals surface area contributed by atoms with Crippen LogP contribution in [0.5, 0.6) is 0 Å². The molecule has 0 aliphatic heterocycles. The van der Waals surface area contributed by atoms with Crippen molar-refractivity contribution in [3.8, 4) is 0 Å². The molecule has 0 spiro atoms. The minimum Gasteiger partial charge on any atom is -0.462 e. The molecule has 0 bridgehead atoms. The van der Waals surface area contributed by atoms with Crippen molar-refractivity contribution in [2.75, 3.05) is 26.4 Å². The quantitative estimate of drug-likeness (QED) is 0.0264. The highest BCUT2D eigenvalue weighted by Crippen LogP contribution is 2.43. The second-order valence-corrected chi connectivity index (χ2v) is 22.3. The lowest BCUT2D eigenvalue weighted by atomic mass is 10.0. The van der Waals surface area contributed by atoms with Crippen LogP contribution in [0.1, 0.15) is 271 Å². The molecule has 0 amide bonds. The summed E-state index contributed by atoms with van der Waals surface area (Å²) in [5.41, 5.74) is 5.39. The molecule has 452 valence electrons. The second kappa shape index (κ2) is 63.6. The normalized spacial score (nSPS) is 13.8. The van der Waals surface area contributed by atoms with Crippen molar-refractivity contribution in [3.05, 3.63) is 122 Å². The number of phosphoric ester groups is 1. The van der Waals surface area contributed by atoms with Gasteiger partial charge < -0.3 is 20.1 Å². The van der Waals surface area contributed by atoms with Gasteiger partial charge in [0.2, 0.25) is 0 Å². The van der Waals surface area contributed by atoms with E-state index in [4.69, 9.17) is 24.3 Å². The van der Waals surface area contributed by atoms with E-state index >= 15 is 0 Å². The Kier molecular flexibility index (Phi) is 60.7. The maximum Gasteiger partial charge on any atom is 0.472 e. The highest BCUT2D eigenvalue weighted by molar-refractivity contribution is 7.47. The summed E-state index contributed by atoms with van der Waals surface area (Å²) in [4.78, 5) is 35.3. The molecular weight excluding hydrogens is 1000 g/mol. The summed E-state index contributed by atoms with van der Waals surface area (Å²) in [7, 11) is -4.40. The van der Waals surface area contributed by atoms with Gasteiger partial charge in [-0.1, -0.05) is 277 Å². The van der Waals surface area contributed by atoms with Gasteiger partial charge in [-0.2, -0.15) is 0 Å². The lowest BCUT2D eigenvalue weighted by Gasteiger charge is -2.19. The number of carbonyl (C=O) groups excluding carboxylic acids is 2. The highest BCUT2D eigenvalue weighted by Gasteiger charge is 2.26. The Bertz CT molecular complexity index is 1710. The number of unbranched alkanes of at least 4 members (excludes halogenated alkanes) is 26. The zero-order valence-corrected chi connectivity index (χ0v) is 51.5. The topological polar surface area (TPSA) is 134 Å². The fraction of sp³-hybridized carbons (Fsp3) is 0.681. The molecular formula is C69H118NO8P. The molecule has 0 rings (SSSR count). The van der Waals surface area contributed by atoms with Crippen LogP contribution in [0.4, 0.5) is 0 Å². The zero-order valence-electron chi connectivity index (χ0n) is 50.6. The van der Waals surface area contributed by atoms with Crippen LogP contribution in [0, 0.1) is 0 Å². The SMILES string of the molecule is CC/C=C\C/C=C\C/C=C\C/C=C\C/C=C\CCCCCCCCCCCCCCCCCCCC(=O)OC(COC(=O)CCCCCCCCCCC/C=C\C/C=C\C/C=C\C/C=C\C/C=C\CC)COP(=O)(O)OCCN. The number of hydrogen-bond donors (Lipinski definition) is 2. The van der Waals surface area contributed by atoms with Crippen LogP contribution in [-0.2, 0) is 32.7 Å². The molecule has 0 fully saturated rings. The summed E-state index contributed by atoms with van der Waals surface area (Å²) >= 11 is 0. The molecule has 9 nitrogen and oxygen atoms in total. The number of hydrogen-bond acceptors (Lipinski definition) is 8. The maximum absolute atomic E-state index is 12.7. The highest BCUT2D eigenvalue weighted by atomic mass is 31.2. The van der Waals surface area contributed by atoms with Crippen molar-refractivity contribution in [2.45, 2.75) is 277 Å². The first-order valence-corrected chi connectivity index (χ1v) is 33.5. The number of ether oxygens (including phenoxy) is 2. The number of rotatable bonds is 59. The zero-order chi connectivity index (χ0) is 57.3. The molecule has 79 heavy (non-hydrogen) atoms.